The monoisotopic (exact) mass is 407 g/mol. The minimum atomic E-state index is -3.56. The van der Waals surface area contributed by atoms with Crippen molar-refractivity contribution in [3.05, 3.63) is 29.3 Å². The molecule has 0 saturated carbocycles. The molecule has 2 heterocycles. The van der Waals surface area contributed by atoms with Crippen LogP contribution in [0, 0.1) is 6.92 Å². The summed E-state index contributed by atoms with van der Waals surface area (Å²) in [5.41, 5.74) is 1.11. The maximum Gasteiger partial charge on any atom is 0.251 e. The van der Waals surface area contributed by atoms with Gasteiger partial charge in [0.15, 0.2) is 0 Å². The van der Waals surface area contributed by atoms with Gasteiger partial charge in [-0.2, -0.15) is 4.31 Å². The Balaban J connectivity index is 1.63. The summed E-state index contributed by atoms with van der Waals surface area (Å²) in [4.78, 5) is 15.2. The molecule has 1 amide bonds. The number of hydrogen-bond donors (Lipinski definition) is 1. The van der Waals surface area contributed by atoms with Crippen molar-refractivity contribution in [2.45, 2.75) is 56.8 Å². The van der Waals surface area contributed by atoms with Gasteiger partial charge in [-0.15, -0.1) is 0 Å². The van der Waals surface area contributed by atoms with E-state index in [9.17, 15) is 13.2 Å². The number of aryl methyl sites for hydroxylation is 1. The molecule has 0 atom stereocenters. The second-order valence-electron chi connectivity index (χ2n) is 7.96. The highest BCUT2D eigenvalue weighted by molar-refractivity contribution is 7.89. The number of benzene rings is 1. The smallest absolute Gasteiger partial charge is 0.251 e. The van der Waals surface area contributed by atoms with Gasteiger partial charge in [-0.1, -0.05) is 18.9 Å². The van der Waals surface area contributed by atoms with E-state index in [-0.39, 0.29) is 10.8 Å². The van der Waals surface area contributed by atoms with Crippen LogP contribution in [-0.2, 0) is 10.0 Å². The van der Waals surface area contributed by atoms with Crippen molar-refractivity contribution >= 4 is 15.9 Å². The molecule has 0 radical (unpaired) electrons. The average molecular weight is 408 g/mol. The van der Waals surface area contributed by atoms with E-state index in [0.29, 0.717) is 30.8 Å². The van der Waals surface area contributed by atoms with Gasteiger partial charge < -0.3 is 10.2 Å². The first-order valence-electron chi connectivity index (χ1n) is 10.6. The highest BCUT2D eigenvalue weighted by atomic mass is 32.2. The molecule has 2 aliphatic rings. The summed E-state index contributed by atoms with van der Waals surface area (Å²) in [6.45, 7) is 6.85. The highest BCUT2D eigenvalue weighted by Gasteiger charge is 2.27. The summed E-state index contributed by atoms with van der Waals surface area (Å²) in [7, 11) is -3.56. The minimum absolute atomic E-state index is 0.200. The molecule has 0 unspecified atom stereocenters. The summed E-state index contributed by atoms with van der Waals surface area (Å²) in [6, 6.07) is 5.00. The Morgan fingerprint density at radius 2 is 1.64 bits per heavy atom. The first-order valence-corrected chi connectivity index (χ1v) is 12.0. The van der Waals surface area contributed by atoms with Crippen molar-refractivity contribution < 1.29 is 13.2 Å². The molecule has 156 valence electrons. The lowest BCUT2D eigenvalue weighted by molar-refractivity contribution is 0.0952. The Bertz CT molecular complexity index is 765. The third-order valence-corrected chi connectivity index (χ3v) is 7.81. The van der Waals surface area contributed by atoms with Crippen LogP contribution in [-0.4, -0.2) is 62.8 Å². The van der Waals surface area contributed by atoms with E-state index in [1.807, 2.05) is 0 Å². The fourth-order valence-electron chi connectivity index (χ4n) is 4.05. The number of likely N-dealkylation sites (tertiary alicyclic amines) is 1. The van der Waals surface area contributed by atoms with Crippen molar-refractivity contribution in [3.63, 3.8) is 0 Å². The fraction of sp³-hybridized carbons (Fsp3) is 0.667. The molecule has 28 heavy (non-hydrogen) atoms. The molecule has 0 bridgehead atoms. The lowest BCUT2D eigenvalue weighted by Gasteiger charge is -2.21. The molecule has 0 aliphatic carbocycles. The summed E-state index contributed by atoms with van der Waals surface area (Å²) in [6.07, 6.45) is 7.39. The van der Waals surface area contributed by atoms with Crippen LogP contribution in [0.4, 0.5) is 0 Å². The number of amides is 1. The number of rotatable bonds is 7. The molecule has 7 heteroatoms. The largest absolute Gasteiger partial charge is 0.352 e. The second kappa shape index (κ2) is 9.85. The topological polar surface area (TPSA) is 69.7 Å². The maximum atomic E-state index is 13.1. The zero-order valence-electron chi connectivity index (χ0n) is 17.0. The van der Waals surface area contributed by atoms with Crippen molar-refractivity contribution in [1.82, 2.24) is 14.5 Å². The maximum absolute atomic E-state index is 13.1. The first kappa shape index (κ1) is 21.3. The standard InChI is InChI=1S/C21H33N3O3S/c1-18-9-10-19(21(25)22-11-8-14-23-12-6-7-13-23)17-20(18)28(26,27)24-15-4-2-3-5-16-24/h9-10,17H,2-8,11-16H2,1H3,(H,22,25). The lowest BCUT2D eigenvalue weighted by Crippen LogP contribution is -2.33. The molecule has 2 fully saturated rings. The van der Waals surface area contributed by atoms with Crippen molar-refractivity contribution in [1.29, 1.82) is 0 Å². The van der Waals surface area contributed by atoms with Crippen LogP contribution in [0.2, 0.25) is 0 Å². The predicted molar refractivity (Wildman–Crippen MR) is 111 cm³/mol. The van der Waals surface area contributed by atoms with Gasteiger partial charge in [0.2, 0.25) is 10.0 Å². The third-order valence-electron chi connectivity index (χ3n) is 5.77. The predicted octanol–water partition coefficient (Wildman–Crippen LogP) is 2.78. The van der Waals surface area contributed by atoms with Gasteiger partial charge in [0.05, 0.1) is 4.90 Å². The van der Waals surface area contributed by atoms with E-state index in [0.717, 1.165) is 51.7 Å². The Morgan fingerprint density at radius 1 is 1.00 bits per heavy atom. The van der Waals surface area contributed by atoms with E-state index in [1.54, 1.807) is 29.4 Å². The molecule has 3 rings (SSSR count). The van der Waals surface area contributed by atoms with Crippen LogP contribution in [0.15, 0.2) is 23.1 Å². The van der Waals surface area contributed by atoms with Crippen LogP contribution in [0.1, 0.15) is 60.9 Å². The number of carbonyl (C=O) groups is 1. The van der Waals surface area contributed by atoms with Gasteiger partial charge in [0.25, 0.3) is 5.91 Å². The fourth-order valence-corrected chi connectivity index (χ4v) is 5.82. The van der Waals surface area contributed by atoms with E-state index in [4.69, 9.17) is 0 Å². The van der Waals surface area contributed by atoms with Crippen molar-refractivity contribution in [2.75, 3.05) is 39.3 Å². The second-order valence-corrected chi connectivity index (χ2v) is 9.86. The Labute approximate surface area is 169 Å². The van der Waals surface area contributed by atoms with Crippen LogP contribution < -0.4 is 5.32 Å². The zero-order chi connectivity index (χ0) is 20.0. The van der Waals surface area contributed by atoms with E-state index in [2.05, 4.69) is 10.2 Å². The Kier molecular flexibility index (Phi) is 7.48. The van der Waals surface area contributed by atoms with Gasteiger partial charge in [0.1, 0.15) is 0 Å². The van der Waals surface area contributed by atoms with Crippen molar-refractivity contribution in [3.8, 4) is 0 Å². The quantitative estimate of drug-likeness (QED) is 0.706. The molecule has 6 nitrogen and oxygen atoms in total. The Hall–Kier alpha value is -1.44. The van der Waals surface area contributed by atoms with Gasteiger partial charge >= 0.3 is 0 Å². The number of nitrogens with zero attached hydrogens (tertiary/aromatic N) is 2. The minimum Gasteiger partial charge on any atom is -0.352 e. The summed E-state index contributed by atoms with van der Waals surface area (Å²) < 4.78 is 27.8. The average Bonchev–Trinajstić information content (AvgIpc) is 3.04. The van der Waals surface area contributed by atoms with Gasteiger partial charge in [-0.05, 0) is 76.4 Å². The van der Waals surface area contributed by atoms with E-state index in [1.165, 1.54) is 12.8 Å². The van der Waals surface area contributed by atoms with E-state index >= 15 is 0 Å². The van der Waals surface area contributed by atoms with Crippen molar-refractivity contribution in [2.24, 2.45) is 0 Å². The van der Waals surface area contributed by atoms with Gasteiger partial charge in [-0.3, -0.25) is 4.79 Å². The van der Waals surface area contributed by atoms with Crippen LogP contribution in [0.5, 0.6) is 0 Å². The molecular weight excluding hydrogens is 374 g/mol. The number of hydrogen-bond acceptors (Lipinski definition) is 4. The third kappa shape index (κ3) is 5.33. The molecule has 2 aliphatic heterocycles. The molecule has 0 aromatic heterocycles. The number of carbonyl (C=O) groups excluding carboxylic acids is 1. The highest BCUT2D eigenvalue weighted by Crippen LogP contribution is 2.24. The van der Waals surface area contributed by atoms with Crippen LogP contribution in [0.25, 0.3) is 0 Å². The molecule has 1 N–H and O–H groups in total. The number of nitrogens with one attached hydrogen (secondary N) is 1. The van der Waals surface area contributed by atoms with Crippen LogP contribution in [0.3, 0.4) is 0 Å². The molecular formula is C21H33N3O3S. The molecule has 2 saturated heterocycles. The van der Waals surface area contributed by atoms with Gasteiger partial charge in [0, 0.05) is 25.2 Å². The summed E-state index contributed by atoms with van der Waals surface area (Å²) >= 11 is 0. The summed E-state index contributed by atoms with van der Waals surface area (Å²) in [5.74, 6) is -0.200. The summed E-state index contributed by atoms with van der Waals surface area (Å²) in [5, 5.41) is 2.94. The molecule has 0 spiro atoms. The van der Waals surface area contributed by atoms with E-state index < -0.39 is 10.0 Å². The molecule has 1 aromatic carbocycles. The van der Waals surface area contributed by atoms with Gasteiger partial charge in [-0.25, -0.2) is 8.42 Å². The SMILES string of the molecule is Cc1ccc(C(=O)NCCCN2CCCC2)cc1S(=O)(=O)N1CCCCCC1. The number of sulfonamides is 1. The first-order chi connectivity index (χ1) is 13.5. The molecule has 1 aromatic rings. The zero-order valence-corrected chi connectivity index (χ0v) is 17.8. The normalized spacial score (nSPS) is 19.5. The van der Waals surface area contributed by atoms with Crippen LogP contribution >= 0.6 is 0 Å². The Morgan fingerprint density at radius 3 is 2.32 bits per heavy atom. The lowest BCUT2D eigenvalue weighted by atomic mass is 10.1.